The van der Waals surface area contributed by atoms with Crippen LogP contribution in [0.5, 0.6) is 5.75 Å². The molecule has 4 N–H and O–H groups in total. The van der Waals surface area contributed by atoms with Crippen LogP contribution in [0.3, 0.4) is 0 Å². The summed E-state index contributed by atoms with van der Waals surface area (Å²) in [5.41, 5.74) is 5.84. The van der Waals surface area contributed by atoms with E-state index in [9.17, 15) is 19.5 Å². The van der Waals surface area contributed by atoms with Crippen LogP contribution in [0.25, 0.3) is 0 Å². The van der Waals surface area contributed by atoms with Gasteiger partial charge in [-0.25, -0.2) is 4.98 Å². The molecule has 0 spiro atoms. The lowest BCUT2D eigenvalue weighted by molar-refractivity contribution is -0.129. The van der Waals surface area contributed by atoms with E-state index in [2.05, 4.69) is 10.3 Å². The van der Waals surface area contributed by atoms with Crippen molar-refractivity contribution in [2.75, 3.05) is 11.9 Å². The maximum atomic E-state index is 12.2. The SMILES string of the molecule is Cc1ccc(O)c(NC(=O)C2CC(C(N)=O)N(C=O)C2)n1. The number of hydrogen-bond acceptors (Lipinski definition) is 5. The largest absolute Gasteiger partial charge is 0.504 e. The molecule has 1 aliphatic rings. The highest BCUT2D eigenvalue weighted by molar-refractivity contribution is 5.94. The quantitative estimate of drug-likeness (QED) is 0.637. The molecular formula is C13H16N4O4. The summed E-state index contributed by atoms with van der Waals surface area (Å²) in [6.45, 7) is 1.83. The molecule has 112 valence electrons. The number of nitrogens with one attached hydrogen (secondary N) is 1. The number of anilines is 1. The summed E-state index contributed by atoms with van der Waals surface area (Å²) in [5, 5.41) is 12.1. The lowest BCUT2D eigenvalue weighted by Gasteiger charge is -2.15. The first-order valence-corrected chi connectivity index (χ1v) is 6.40. The fourth-order valence-electron chi connectivity index (χ4n) is 2.31. The average molecular weight is 292 g/mol. The van der Waals surface area contributed by atoms with Crippen LogP contribution in [0.15, 0.2) is 12.1 Å². The number of aromatic nitrogens is 1. The van der Waals surface area contributed by atoms with Gasteiger partial charge in [-0.1, -0.05) is 0 Å². The minimum atomic E-state index is -0.780. The molecule has 8 nitrogen and oxygen atoms in total. The Morgan fingerprint density at radius 2 is 2.24 bits per heavy atom. The fraction of sp³-hybridized carbons (Fsp3) is 0.385. The summed E-state index contributed by atoms with van der Waals surface area (Å²) in [5.74, 6) is -1.73. The number of nitrogens with zero attached hydrogens (tertiary/aromatic N) is 2. The smallest absolute Gasteiger partial charge is 0.240 e. The average Bonchev–Trinajstić information content (AvgIpc) is 2.87. The van der Waals surface area contributed by atoms with E-state index in [0.29, 0.717) is 12.1 Å². The van der Waals surface area contributed by atoms with Crippen molar-refractivity contribution in [1.29, 1.82) is 0 Å². The van der Waals surface area contributed by atoms with E-state index in [1.165, 1.54) is 11.0 Å². The molecule has 0 saturated carbocycles. The number of nitrogens with two attached hydrogens (primary N) is 1. The van der Waals surface area contributed by atoms with Crippen molar-refractivity contribution in [1.82, 2.24) is 9.88 Å². The Kier molecular flexibility index (Phi) is 4.06. The van der Waals surface area contributed by atoms with Crippen LogP contribution in [-0.4, -0.2) is 45.8 Å². The Bertz CT molecular complexity index is 590. The maximum absolute atomic E-state index is 12.2. The Morgan fingerprint density at radius 1 is 1.52 bits per heavy atom. The third-order valence-electron chi connectivity index (χ3n) is 3.43. The second-order valence-electron chi connectivity index (χ2n) is 4.96. The number of rotatable bonds is 4. The van der Waals surface area contributed by atoms with Gasteiger partial charge in [-0.2, -0.15) is 0 Å². The van der Waals surface area contributed by atoms with Crippen molar-refractivity contribution in [2.24, 2.45) is 11.7 Å². The number of carbonyl (C=O) groups is 3. The molecule has 1 saturated heterocycles. The molecule has 8 heteroatoms. The Hall–Kier alpha value is -2.64. The molecule has 1 aromatic rings. The van der Waals surface area contributed by atoms with Crippen LogP contribution in [0.4, 0.5) is 5.82 Å². The zero-order chi connectivity index (χ0) is 15.6. The zero-order valence-electron chi connectivity index (χ0n) is 11.4. The van der Waals surface area contributed by atoms with Gasteiger partial charge in [0.05, 0.1) is 5.92 Å². The molecule has 0 aliphatic carbocycles. The molecule has 0 aromatic carbocycles. The second-order valence-corrected chi connectivity index (χ2v) is 4.96. The van der Waals surface area contributed by atoms with Crippen LogP contribution in [-0.2, 0) is 14.4 Å². The molecule has 2 atom stereocenters. The molecule has 1 fully saturated rings. The molecule has 2 unspecified atom stereocenters. The first-order chi connectivity index (χ1) is 9.92. The summed E-state index contributed by atoms with van der Waals surface area (Å²) in [6, 6.07) is 2.26. The fourth-order valence-corrected chi connectivity index (χ4v) is 2.31. The van der Waals surface area contributed by atoms with Gasteiger partial charge in [0.25, 0.3) is 0 Å². The first kappa shape index (κ1) is 14.8. The summed E-state index contributed by atoms with van der Waals surface area (Å²) in [7, 11) is 0. The van der Waals surface area contributed by atoms with E-state index < -0.39 is 23.8 Å². The van der Waals surface area contributed by atoms with Crippen molar-refractivity contribution >= 4 is 24.0 Å². The highest BCUT2D eigenvalue weighted by Gasteiger charge is 2.38. The van der Waals surface area contributed by atoms with E-state index in [1.807, 2.05) is 0 Å². The number of amides is 3. The lowest BCUT2D eigenvalue weighted by atomic mass is 10.0. The van der Waals surface area contributed by atoms with E-state index >= 15 is 0 Å². The molecule has 2 heterocycles. The van der Waals surface area contributed by atoms with E-state index in [4.69, 9.17) is 5.73 Å². The van der Waals surface area contributed by atoms with Crippen LogP contribution in [0, 0.1) is 12.8 Å². The van der Waals surface area contributed by atoms with Gasteiger partial charge in [0.15, 0.2) is 11.6 Å². The van der Waals surface area contributed by atoms with Crippen LogP contribution in [0.1, 0.15) is 12.1 Å². The number of primary amides is 1. The number of aryl methyl sites for hydroxylation is 1. The normalized spacial score (nSPS) is 21.1. The molecule has 3 amide bonds. The van der Waals surface area contributed by atoms with Gasteiger partial charge in [-0.05, 0) is 25.5 Å². The highest BCUT2D eigenvalue weighted by Crippen LogP contribution is 2.25. The van der Waals surface area contributed by atoms with Crippen molar-refractivity contribution in [3.63, 3.8) is 0 Å². The Balaban J connectivity index is 2.09. The standard InChI is InChI=1S/C13H16N4O4/c1-7-2-3-10(19)12(15-7)16-13(21)8-4-9(11(14)20)17(5-8)6-18/h2-3,6,8-9,19H,4-5H2,1H3,(H2,14,20)(H,15,16,21). The first-order valence-electron chi connectivity index (χ1n) is 6.40. The number of likely N-dealkylation sites (tertiary alicyclic amines) is 1. The minimum Gasteiger partial charge on any atom is -0.504 e. The second kappa shape index (κ2) is 5.78. The van der Waals surface area contributed by atoms with Gasteiger partial charge < -0.3 is 21.1 Å². The van der Waals surface area contributed by atoms with Gasteiger partial charge in [-0.15, -0.1) is 0 Å². The number of aromatic hydroxyl groups is 1. The Labute approximate surface area is 120 Å². The van der Waals surface area contributed by atoms with E-state index in [0.717, 1.165) is 0 Å². The summed E-state index contributed by atoms with van der Waals surface area (Å²) in [4.78, 5) is 39.5. The topological polar surface area (TPSA) is 126 Å². The highest BCUT2D eigenvalue weighted by atomic mass is 16.3. The van der Waals surface area contributed by atoms with Gasteiger partial charge in [0.1, 0.15) is 6.04 Å². The number of pyridine rings is 1. The summed E-state index contributed by atoms with van der Waals surface area (Å²) < 4.78 is 0. The van der Waals surface area contributed by atoms with Crippen LogP contribution >= 0.6 is 0 Å². The molecular weight excluding hydrogens is 276 g/mol. The minimum absolute atomic E-state index is 0.0557. The van der Waals surface area contributed by atoms with Gasteiger partial charge in [0.2, 0.25) is 18.2 Å². The zero-order valence-corrected chi connectivity index (χ0v) is 11.4. The lowest BCUT2D eigenvalue weighted by Crippen LogP contribution is -2.39. The molecule has 0 bridgehead atoms. The van der Waals surface area contributed by atoms with Gasteiger partial charge in [-0.3, -0.25) is 14.4 Å². The third kappa shape index (κ3) is 3.10. The maximum Gasteiger partial charge on any atom is 0.240 e. The number of hydrogen-bond donors (Lipinski definition) is 3. The van der Waals surface area contributed by atoms with E-state index in [-0.39, 0.29) is 24.5 Å². The molecule has 0 radical (unpaired) electrons. The molecule has 1 aliphatic heterocycles. The van der Waals surface area contributed by atoms with Crippen molar-refractivity contribution in [3.05, 3.63) is 17.8 Å². The monoisotopic (exact) mass is 292 g/mol. The molecule has 1 aromatic heterocycles. The molecule has 21 heavy (non-hydrogen) atoms. The van der Waals surface area contributed by atoms with Crippen LogP contribution < -0.4 is 11.1 Å². The van der Waals surface area contributed by atoms with Gasteiger partial charge in [0, 0.05) is 12.2 Å². The molecule has 2 rings (SSSR count). The van der Waals surface area contributed by atoms with Crippen molar-refractivity contribution in [3.8, 4) is 5.75 Å². The number of carbonyl (C=O) groups excluding carboxylic acids is 3. The predicted molar refractivity (Wildman–Crippen MR) is 73.1 cm³/mol. The Morgan fingerprint density at radius 3 is 2.81 bits per heavy atom. The van der Waals surface area contributed by atoms with Crippen LogP contribution in [0.2, 0.25) is 0 Å². The predicted octanol–water partition coefficient (Wildman–Crippen LogP) is -0.634. The third-order valence-corrected chi connectivity index (χ3v) is 3.43. The van der Waals surface area contributed by atoms with Crippen molar-refractivity contribution in [2.45, 2.75) is 19.4 Å². The van der Waals surface area contributed by atoms with E-state index in [1.54, 1.807) is 13.0 Å². The van der Waals surface area contributed by atoms with Gasteiger partial charge >= 0.3 is 0 Å². The summed E-state index contributed by atoms with van der Waals surface area (Å²) in [6.07, 6.45) is 0.664. The van der Waals surface area contributed by atoms with Crippen molar-refractivity contribution < 1.29 is 19.5 Å². The summed E-state index contributed by atoms with van der Waals surface area (Å²) >= 11 is 0.